The maximum atomic E-state index is 13.9. The number of hydrogen-bond acceptors (Lipinski definition) is 5. The SMILES string of the molecule is COc1ccc([Si](C)(C)[C@H]2[C@H](CCO)O[C@@]3(C(=O)N(C)c4ccc(N5CCC5=O)cc43)[C@@H]2C)cc1. The molecule has 4 atom stereocenters. The number of methoxy groups -OCH3 is 1. The molecule has 7 nitrogen and oxygen atoms in total. The molecule has 0 unspecified atom stereocenters. The number of rotatable bonds is 6. The normalized spacial score (nSPS) is 28.0. The van der Waals surface area contributed by atoms with Gasteiger partial charge in [0.25, 0.3) is 5.91 Å². The molecule has 35 heavy (non-hydrogen) atoms. The zero-order chi connectivity index (χ0) is 25.1. The van der Waals surface area contributed by atoms with E-state index in [0.29, 0.717) is 19.4 Å². The van der Waals surface area contributed by atoms with Crippen molar-refractivity contribution < 1.29 is 24.2 Å². The number of carbonyl (C=O) groups excluding carboxylic acids is 2. The molecule has 5 rings (SSSR count). The van der Waals surface area contributed by atoms with Crippen LogP contribution in [0.25, 0.3) is 0 Å². The lowest BCUT2D eigenvalue weighted by atomic mass is 9.82. The second kappa shape index (κ2) is 8.46. The van der Waals surface area contributed by atoms with Crippen LogP contribution in [-0.2, 0) is 19.9 Å². The predicted octanol–water partition coefficient (Wildman–Crippen LogP) is 3.01. The molecule has 186 valence electrons. The van der Waals surface area contributed by atoms with Crippen LogP contribution >= 0.6 is 0 Å². The second-order valence-electron chi connectivity index (χ2n) is 10.5. The zero-order valence-corrected chi connectivity index (χ0v) is 22.1. The largest absolute Gasteiger partial charge is 0.497 e. The fraction of sp³-hybridized carbons (Fsp3) is 0.481. The molecule has 0 bridgehead atoms. The Bertz CT molecular complexity index is 1170. The molecule has 1 spiro atoms. The van der Waals surface area contributed by atoms with E-state index in [1.54, 1.807) is 24.0 Å². The number of ether oxygens (including phenoxy) is 2. The number of aliphatic hydroxyl groups excluding tert-OH is 1. The first-order valence-corrected chi connectivity index (χ1v) is 15.4. The molecular weight excluding hydrogens is 460 g/mol. The molecule has 8 heteroatoms. The summed E-state index contributed by atoms with van der Waals surface area (Å²) in [6, 6.07) is 14.1. The summed E-state index contributed by atoms with van der Waals surface area (Å²) < 4.78 is 12.2. The number of benzene rings is 2. The average Bonchev–Trinajstić information content (AvgIpc) is 3.25. The lowest BCUT2D eigenvalue weighted by Crippen LogP contribution is -2.51. The van der Waals surface area contributed by atoms with Gasteiger partial charge in [0.1, 0.15) is 5.75 Å². The molecule has 2 aromatic carbocycles. The van der Waals surface area contributed by atoms with Crippen molar-refractivity contribution in [3.05, 3.63) is 48.0 Å². The third-order valence-corrected chi connectivity index (χ3v) is 12.9. The van der Waals surface area contributed by atoms with E-state index in [1.165, 1.54) is 5.19 Å². The van der Waals surface area contributed by atoms with Crippen molar-refractivity contribution in [2.24, 2.45) is 5.92 Å². The number of likely N-dealkylation sites (N-methyl/N-ethyl adjacent to an activating group) is 1. The summed E-state index contributed by atoms with van der Waals surface area (Å²) in [5, 5.41) is 11.2. The molecule has 0 radical (unpaired) electrons. The summed E-state index contributed by atoms with van der Waals surface area (Å²) in [4.78, 5) is 29.5. The Labute approximate surface area is 207 Å². The van der Waals surface area contributed by atoms with Gasteiger partial charge in [0.15, 0.2) is 5.60 Å². The van der Waals surface area contributed by atoms with Crippen LogP contribution in [-0.4, -0.2) is 58.4 Å². The highest BCUT2D eigenvalue weighted by atomic mass is 28.3. The number of hydrogen-bond donors (Lipinski definition) is 1. The minimum Gasteiger partial charge on any atom is -0.497 e. The number of nitrogens with zero attached hydrogens (tertiary/aromatic N) is 2. The maximum absolute atomic E-state index is 13.9. The van der Waals surface area contributed by atoms with E-state index in [2.05, 4.69) is 32.2 Å². The monoisotopic (exact) mass is 494 g/mol. The number of β-lactam (4-membered cyclic amide) rings is 1. The van der Waals surface area contributed by atoms with Gasteiger partial charge >= 0.3 is 0 Å². The van der Waals surface area contributed by atoms with E-state index in [4.69, 9.17) is 9.47 Å². The lowest BCUT2D eigenvalue weighted by Gasteiger charge is -2.37. The summed E-state index contributed by atoms with van der Waals surface area (Å²) in [6.07, 6.45) is 0.771. The number of anilines is 2. The molecule has 3 aliphatic rings. The summed E-state index contributed by atoms with van der Waals surface area (Å²) in [7, 11) is 1.27. The van der Waals surface area contributed by atoms with Crippen molar-refractivity contribution in [2.75, 3.05) is 37.1 Å². The Morgan fingerprint density at radius 1 is 1.17 bits per heavy atom. The van der Waals surface area contributed by atoms with Crippen molar-refractivity contribution >= 4 is 36.4 Å². The fourth-order valence-corrected chi connectivity index (χ4v) is 10.6. The van der Waals surface area contributed by atoms with Gasteiger partial charge in [0.05, 0.1) is 27.0 Å². The summed E-state index contributed by atoms with van der Waals surface area (Å²) in [5.74, 6) is 0.729. The smallest absolute Gasteiger partial charge is 0.264 e. The van der Waals surface area contributed by atoms with E-state index in [-0.39, 0.29) is 36.0 Å². The Morgan fingerprint density at radius 3 is 2.46 bits per heavy atom. The number of fused-ring (bicyclic) bond motifs is 2. The Kier molecular flexibility index (Phi) is 5.81. The van der Waals surface area contributed by atoms with Gasteiger partial charge in [-0.2, -0.15) is 0 Å². The van der Waals surface area contributed by atoms with Crippen LogP contribution in [0.1, 0.15) is 25.3 Å². The van der Waals surface area contributed by atoms with Gasteiger partial charge in [-0.25, -0.2) is 0 Å². The predicted molar refractivity (Wildman–Crippen MR) is 138 cm³/mol. The lowest BCUT2D eigenvalue weighted by molar-refractivity contribution is -0.145. The van der Waals surface area contributed by atoms with Crippen LogP contribution in [0.2, 0.25) is 18.6 Å². The van der Waals surface area contributed by atoms with Crippen molar-refractivity contribution in [1.29, 1.82) is 0 Å². The Balaban J connectivity index is 1.61. The highest BCUT2D eigenvalue weighted by molar-refractivity contribution is 6.91. The number of carbonyl (C=O) groups is 2. The summed E-state index contributed by atoms with van der Waals surface area (Å²) in [6.45, 7) is 7.46. The Morgan fingerprint density at radius 2 is 1.89 bits per heavy atom. The number of amides is 2. The van der Waals surface area contributed by atoms with E-state index < -0.39 is 13.7 Å². The van der Waals surface area contributed by atoms with Crippen LogP contribution in [0.5, 0.6) is 5.75 Å². The van der Waals surface area contributed by atoms with Crippen LogP contribution in [0.4, 0.5) is 11.4 Å². The van der Waals surface area contributed by atoms with Crippen molar-refractivity contribution in [1.82, 2.24) is 0 Å². The van der Waals surface area contributed by atoms with E-state index in [0.717, 1.165) is 22.7 Å². The molecule has 0 aliphatic carbocycles. The molecule has 2 fully saturated rings. The van der Waals surface area contributed by atoms with Crippen LogP contribution in [0.15, 0.2) is 42.5 Å². The Hall–Kier alpha value is -2.68. The molecule has 3 aliphatic heterocycles. The molecular formula is C27H34N2O5Si. The van der Waals surface area contributed by atoms with Crippen molar-refractivity contribution in [2.45, 2.75) is 50.1 Å². The number of aliphatic hydroxyl groups is 1. The first-order valence-electron chi connectivity index (χ1n) is 12.3. The highest BCUT2D eigenvalue weighted by Gasteiger charge is 2.65. The van der Waals surface area contributed by atoms with Gasteiger partial charge in [0, 0.05) is 43.8 Å². The minimum atomic E-state index is -2.18. The molecule has 2 amide bonds. The van der Waals surface area contributed by atoms with Gasteiger partial charge in [-0.05, 0) is 42.3 Å². The second-order valence-corrected chi connectivity index (χ2v) is 15.2. The molecule has 3 heterocycles. The van der Waals surface area contributed by atoms with Crippen LogP contribution in [0.3, 0.4) is 0 Å². The van der Waals surface area contributed by atoms with Gasteiger partial charge in [-0.15, -0.1) is 0 Å². The van der Waals surface area contributed by atoms with E-state index >= 15 is 0 Å². The van der Waals surface area contributed by atoms with Crippen LogP contribution < -0.4 is 19.7 Å². The summed E-state index contributed by atoms with van der Waals surface area (Å²) in [5.41, 5.74) is 1.44. The van der Waals surface area contributed by atoms with E-state index in [1.807, 2.05) is 30.3 Å². The van der Waals surface area contributed by atoms with Crippen molar-refractivity contribution in [3.63, 3.8) is 0 Å². The maximum Gasteiger partial charge on any atom is 0.264 e. The highest BCUT2D eigenvalue weighted by Crippen LogP contribution is 2.60. The first-order chi connectivity index (χ1) is 16.7. The zero-order valence-electron chi connectivity index (χ0n) is 21.1. The first kappa shape index (κ1) is 24.0. The van der Waals surface area contributed by atoms with E-state index in [9.17, 15) is 14.7 Å². The van der Waals surface area contributed by atoms with Gasteiger partial charge in [-0.1, -0.05) is 37.3 Å². The van der Waals surface area contributed by atoms with Crippen LogP contribution in [0, 0.1) is 5.92 Å². The molecule has 0 saturated carbocycles. The molecule has 2 saturated heterocycles. The standard InChI is InChI=1S/C27H34N2O5Si/c1-17-25(35(4,5)20-9-7-19(33-3)8-10-20)23(13-15-30)34-27(17)21-16-18(29-14-12-24(29)31)6-11-22(21)28(2)26(27)32/h6-11,16-17,23,25,30H,12-15H2,1-5H3/t17-,23+,25-,27+/m1/s1. The third kappa shape index (κ3) is 3.37. The molecule has 1 N–H and O–H groups in total. The fourth-order valence-electron chi connectivity index (χ4n) is 6.56. The quantitative estimate of drug-likeness (QED) is 0.493. The van der Waals surface area contributed by atoms with Gasteiger partial charge in [0.2, 0.25) is 5.91 Å². The summed E-state index contributed by atoms with van der Waals surface area (Å²) >= 11 is 0. The van der Waals surface area contributed by atoms with Crippen molar-refractivity contribution in [3.8, 4) is 5.75 Å². The van der Waals surface area contributed by atoms with Gasteiger partial charge < -0.3 is 24.4 Å². The minimum absolute atomic E-state index is 0.00370. The molecule has 2 aromatic rings. The third-order valence-electron chi connectivity index (χ3n) is 8.52. The average molecular weight is 495 g/mol. The topological polar surface area (TPSA) is 79.3 Å². The van der Waals surface area contributed by atoms with Gasteiger partial charge in [-0.3, -0.25) is 9.59 Å². The molecule has 0 aromatic heterocycles.